The number of carbonyl (C=O) groups is 1. The van der Waals surface area contributed by atoms with E-state index in [2.05, 4.69) is 15.6 Å². The molecule has 96 valence electrons. The Hall–Kier alpha value is -1.50. The van der Waals surface area contributed by atoms with E-state index in [1.54, 1.807) is 24.0 Å². The molecule has 0 saturated carbocycles. The number of fused-ring (bicyclic) bond motifs is 1. The number of rotatable bonds is 6. The molecule has 0 bridgehead atoms. The molecule has 0 atom stereocenters. The normalized spacial score (nSPS) is 10.7. The molecule has 5 nitrogen and oxygen atoms in total. The van der Waals surface area contributed by atoms with Gasteiger partial charge in [-0.05, 0) is 18.2 Å². The largest absolute Gasteiger partial charge is 0.383 e. The topological polar surface area (TPSA) is 63.2 Å². The molecule has 0 saturated heterocycles. The molecule has 1 amide bonds. The zero-order valence-electron chi connectivity index (χ0n) is 10.1. The number of hydrogen-bond acceptors (Lipinski definition) is 5. The molecule has 1 aromatic carbocycles. The fraction of sp³-hybridized carbons (Fsp3) is 0.333. The van der Waals surface area contributed by atoms with Gasteiger partial charge in [-0.25, -0.2) is 4.98 Å². The monoisotopic (exact) mass is 265 g/mol. The number of methoxy groups -OCH3 is 1. The lowest BCUT2D eigenvalue weighted by molar-refractivity contribution is -0.115. The zero-order valence-corrected chi connectivity index (χ0v) is 10.9. The fourth-order valence-electron chi connectivity index (χ4n) is 1.51. The summed E-state index contributed by atoms with van der Waals surface area (Å²) in [5.41, 5.74) is 3.55. The van der Waals surface area contributed by atoms with Crippen molar-refractivity contribution in [2.24, 2.45) is 0 Å². The molecular weight excluding hydrogens is 250 g/mol. The Morgan fingerprint density at radius 3 is 3.22 bits per heavy atom. The van der Waals surface area contributed by atoms with E-state index in [-0.39, 0.29) is 12.5 Å². The fourth-order valence-corrected chi connectivity index (χ4v) is 2.23. The summed E-state index contributed by atoms with van der Waals surface area (Å²) in [4.78, 5) is 15.8. The van der Waals surface area contributed by atoms with Crippen LogP contribution in [0.4, 0.5) is 5.69 Å². The van der Waals surface area contributed by atoms with E-state index in [1.807, 2.05) is 18.2 Å². The van der Waals surface area contributed by atoms with Gasteiger partial charge < -0.3 is 15.4 Å². The Bertz CT molecular complexity index is 527. The Morgan fingerprint density at radius 2 is 2.39 bits per heavy atom. The first-order valence-electron chi connectivity index (χ1n) is 5.62. The second kappa shape index (κ2) is 6.44. The molecule has 0 spiro atoms. The quantitative estimate of drug-likeness (QED) is 0.776. The molecule has 2 aromatic rings. The highest BCUT2D eigenvalue weighted by Crippen LogP contribution is 2.21. The summed E-state index contributed by atoms with van der Waals surface area (Å²) in [6, 6.07) is 5.69. The van der Waals surface area contributed by atoms with Crippen molar-refractivity contribution >= 4 is 33.1 Å². The number of nitrogens with zero attached hydrogens (tertiary/aromatic N) is 1. The summed E-state index contributed by atoms with van der Waals surface area (Å²) in [6.07, 6.45) is 0. The third kappa shape index (κ3) is 3.49. The summed E-state index contributed by atoms with van der Waals surface area (Å²) in [7, 11) is 1.63. The molecule has 0 fully saturated rings. The lowest BCUT2D eigenvalue weighted by Crippen LogP contribution is -2.30. The number of thiazole rings is 1. The number of aromatic nitrogens is 1. The molecule has 0 unspecified atom stereocenters. The van der Waals surface area contributed by atoms with E-state index in [0.29, 0.717) is 13.2 Å². The summed E-state index contributed by atoms with van der Waals surface area (Å²) in [6.45, 7) is 1.54. The van der Waals surface area contributed by atoms with E-state index in [9.17, 15) is 4.79 Å². The molecule has 2 rings (SSSR count). The predicted octanol–water partition coefficient (Wildman–Crippen LogP) is 1.47. The molecule has 18 heavy (non-hydrogen) atoms. The summed E-state index contributed by atoms with van der Waals surface area (Å²) in [5, 5.41) is 5.83. The van der Waals surface area contributed by atoms with Crippen LogP contribution in [-0.2, 0) is 9.53 Å². The van der Waals surface area contributed by atoms with Crippen LogP contribution < -0.4 is 10.6 Å². The molecule has 0 aliphatic carbocycles. The van der Waals surface area contributed by atoms with Gasteiger partial charge in [0.05, 0.1) is 28.9 Å². The van der Waals surface area contributed by atoms with Crippen LogP contribution in [0, 0.1) is 0 Å². The smallest absolute Gasteiger partial charge is 0.238 e. The van der Waals surface area contributed by atoms with E-state index in [0.717, 1.165) is 15.9 Å². The lowest BCUT2D eigenvalue weighted by atomic mass is 10.3. The minimum absolute atomic E-state index is 0.0602. The number of carbonyl (C=O) groups excluding carboxylic acids is 1. The number of nitrogens with one attached hydrogen (secondary N) is 2. The minimum Gasteiger partial charge on any atom is -0.383 e. The number of benzene rings is 1. The molecule has 0 aliphatic heterocycles. The maximum absolute atomic E-state index is 11.6. The van der Waals surface area contributed by atoms with Crippen molar-refractivity contribution in [2.75, 3.05) is 32.1 Å². The third-order valence-corrected chi connectivity index (χ3v) is 3.18. The van der Waals surface area contributed by atoms with E-state index in [1.165, 1.54) is 0 Å². The van der Waals surface area contributed by atoms with Gasteiger partial charge in [0.15, 0.2) is 0 Å². The molecule has 1 aromatic heterocycles. The molecule has 0 aliphatic rings. The van der Waals surface area contributed by atoms with Gasteiger partial charge in [-0.2, -0.15) is 0 Å². The molecule has 0 radical (unpaired) electrons. The summed E-state index contributed by atoms with van der Waals surface area (Å²) < 4.78 is 5.95. The van der Waals surface area contributed by atoms with Crippen molar-refractivity contribution in [3.63, 3.8) is 0 Å². The Kier molecular flexibility index (Phi) is 4.63. The first-order valence-corrected chi connectivity index (χ1v) is 6.50. The Morgan fingerprint density at radius 1 is 1.50 bits per heavy atom. The van der Waals surface area contributed by atoms with Crippen molar-refractivity contribution in [1.29, 1.82) is 0 Å². The highest BCUT2D eigenvalue weighted by molar-refractivity contribution is 7.16. The highest BCUT2D eigenvalue weighted by Gasteiger charge is 2.03. The van der Waals surface area contributed by atoms with Gasteiger partial charge in [0.25, 0.3) is 0 Å². The molecule has 1 heterocycles. The van der Waals surface area contributed by atoms with Gasteiger partial charge in [0.1, 0.15) is 0 Å². The van der Waals surface area contributed by atoms with E-state index >= 15 is 0 Å². The van der Waals surface area contributed by atoms with Gasteiger partial charge in [0, 0.05) is 19.3 Å². The second-order valence-electron chi connectivity index (χ2n) is 3.75. The Labute approximate surface area is 109 Å². The highest BCUT2D eigenvalue weighted by atomic mass is 32.1. The molecular formula is C12H15N3O2S. The second-order valence-corrected chi connectivity index (χ2v) is 4.64. The lowest BCUT2D eigenvalue weighted by Gasteiger charge is -2.06. The summed E-state index contributed by atoms with van der Waals surface area (Å²) in [5.74, 6) is -0.0602. The van der Waals surface area contributed by atoms with Crippen LogP contribution in [0.3, 0.4) is 0 Å². The van der Waals surface area contributed by atoms with Crippen molar-refractivity contribution < 1.29 is 9.53 Å². The number of anilines is 1. The predicted molar refractivity (Wildman–Crippen MR) is 73.0 cm³/mol. The van der Waals surface area contributed by atoms with Crippen LogP contribution >= 0.6 is 11.3 Å². The van der Waals surface area contributed by atoms with Gasteiger partial charge in [0.2, 0.25) is 5.91 Å². The van der Waals surface area contributed by atoms with Crippen molar-refractivity contribution in [2.45, 2.75) is 0 Å². The van der Waals surface area contributed by atoms with Crippen LogP contribution in [0.25, 0.3) is 10.2 Å². The molecule has 6 heteroatoms. The Balaban J connectivity index is 1.86. The third-order valence-electron chi connectivity index (χ3n) is 2.38. The van der Waals surface area contributed by atoms with Crippen LogP contribution in [0.1, 0.15) is 0 Å². The van der Waals surface area contributed by atoms with Crippen LogP contribution in [0.2, 0.25) is 0 Å². The minimum atomic E-state index is -0.0602. The number of hydrogen-bond donors (Lipinski definition) is 2. The maximum Gasteiger partial charge on any atom is 0.238 e. The van der Waals surface area contributed by atoms with Gasteiger partial charge in [-0.1, -0.05) is 0 Å². The van der Waals surface area contributed by atoms with Crippen molar-refractivity contribution in [1.82, 2.24) is 10.3 Å². The average molecular weight is 265 g/mol. The number of amides is 1. The van der Waals surface area contributed by atoms with Gasteiger partial charge in [-0.3, -0.25) is 4.79 Å². The van der Waals surface area contributed by atoms with E-state index < -0.39 is 0 Å². The van der Waals surface area contributed by atoms with Gasteiger partial charge in [-0.15, -0.1) is 11.3 Å². The standard InChI is InChI=1S/C12H15N3O2S/c1-17-5-4-13-7-12(16)15-9-2-3-10-11(6-9)18-8-14-10/h2-3,6,8,13H,4-5,7H2,1H3,(H,15,16). The average Bonchev–Trinajstić information content (AvgIpc) is 2.82. The van der Waals surface area contributed by atoms with Crippen LogP contribution in [0.5, 0.6) is 0 Å². The SMILES string of the molecule is COCCNCC(=O)Nc1ccc2ncsc2c1. The summed E-state index contributed by atoms with van der Waals surface area (Å²) >= 11 is 1.56. The first kappa shape index (κ1) is 12.9. The maximum atomic E-state index is 11.6. The van der Waals surface area contributed by atoms with E-state index in [4.69, 9.17) is 4.74 Å². The van der Waals surface area contributed by atoms with Crippen molar-refractivity contribution in [3.8, 4) is 0 Å². The van der Waals surface area contributed by atoms with Crippen LogP contribution in [-0.4, -0.2) is 37.7 Å². The van der Waals surface area contributed by atoms with Crippen LogP contribution in [0.15, 0.2) is 23.7 Å². The van der Waals surface area contributed by atoms with Crippen molar-refractivity contribution in [3.05, 3.63) is 23.7 Å². The van der Waals surface area contributed by atoms with Gasteiger partial charge >= 0.3 is 0 Å². The number of ether oxygens (including phenoxy) is 1. The first-order chi connectivity index (χ1) is 8.79. The molecule has 2 N–H and O–H groups in total. The zero-order chi connectivity index (χ0) is 12.8.